The summed E-state index contributed by atoms with van der Waals surface area (Å²) in [5.41, 5.74) is 12.0. The molecule has 0 atom stereocenters. The van der Waals surface area contributed by atoms with Gasteiger partial charge in [0.25, 0.3) is 6.71 Å². The van der Waals surface area contributed by atoms with Gasteiger partial charge in [0.1, 0.15) is 34.5 Å². The molecule has 4 nitrogen and oxygen atoms in total. The van der Waals surface area contributed by atoms with Crippen molar-refractivity contribution in [2.45, 2.75) is 37.5 Å². The van der Waals surface area contributed by atoms with Crippen molar-refractivity contribution in [3.63, 3.8) is 0 Å². The zero-order valence-electron chi connectivity index (χ0n) is 29.1. The van der Waals surface area contributed by atoms with Gasteiger partial charge in [-0.15, -0.1) is 0 Å². The number of hydrogen-bond acceptors (Lipinski definition) is 3. The first-order chi connectivity index (χ1) is 26.2. The van der Waals surface area contributed by atoms with Crippen molar-refractivity contribution < 1.29 is 14.2 Å². The molecule has 5 heteroatoms. The molecule has 0 radical (unpaired) electrons. The summed E-state index contributed by atoms with van der Waals surface area (Å²) in [5, 5.41) is 2.58. The third-order valence-electron chi connectivity index (χ3n) is 12.4. The van der Waals surface area contributed by atoms with E-state index in [9.17, 15) is 0 Å². The first kappa shape index (κ1) is 29.4. The lowest BCUT2D eigenvalue weighted by Crippen LogP contribution is -2.59. The number of nitrogens with zero attached hydrogens (tertiary/aromatic N) is 1. The first-order valence-corrected chi connectivity index (χ1v) is 18.9. The minimum absolute atomic E-state index is 0.0178. The molecule has 7 aromatic carbocycles. The Morgan fingerprint density at radius 3 is 1.45 bits per heavy atom. The van der Waals surface area contributed by atoms with Crippen LogP contribution in [0.5, 0.6) is 34.5 Å². The molecule has 252 valence electrons. The highest BCUT2D eigenvalue weighted by Gasteiger charge is 2.46. The topological polar surface area (TPSA) is 32.6 Å². The van der Waals surface area contributed by atoms with Crippen molar-refractivity contribution in [1.82, 2.24) is 4.57 Å². The minimum Gasteiger partial charge on any atom is -0.458 e. The number of hydrogen-bond donors (Lipinski definition) is 0. The second-order valence-corrected chi connectivity index (χ2v) is 15.1. The zero-order chi connectivity index (χ0) is 34.7. The Bertz CT molecular complexity index is 2660. The normalized spacial score (nSPS) is 15.7. The molecule has 12 rings (SSSR count). The number of fused-ring (bicyclic) bond motifs is 3. The van der Waals surface area contributed by atoms with E-state index in [0.29, 0.717) is 0 Å². The Labute approximate surface area is 308 Å². The molecule has 0 bridgehead atoms. The van der Waals surface area contributed by atoms with Gasteiger partial charge in [0.15, 0.2) is 0 Å². The summed E-state index contributed by atoms with van der Waals surface area (Å²) in [5.74, 6) is 5.12. The van der Waals surface area contributed by atoms with Crippen molar-refractivity contribution in [3.8, 4) is 51.3 Å². The van der Waals surface area contributed by atoms with Crippen LogP contribution in [0.1, 0.15) is 43.2 Å². The van der Waals surface area contributed by atoms with Crippen LogP contribution in [0.4, 0.5) is 0 Å². The summed E-state index contributed by atoms with van der Waals surface area (Å²) >= 11 is 0. The van der Waals surface area contributed by atoms with Crippen LogP contribution in [-0.2, 0) is 5.41 Å². The lowest BCUT2D eigenvalue weighted by molar-refractivity contribution is 0.346. The van der Waals surface area contributed by atoms with E-state index in [2.05, 4.69) is 126 Å². The molecule has 1 saturated carbocycles. The van der Waals surface area contributed by atoms with E-state index in [1.165, 1.54) is 57.9 Å². The van der Waals surface area contributed by atoms with E-state index in [1.54, 1.807) is 0 Å². The molecule has 8 aromatic rings. The van der Waals surface area contributed by atoms with Gasteiger partial charge < -0.3 is 18.8 Å². The predicted molar refractivity (Wildman–Crippen MR) is 214 cm³/mol. The van der Waals surface area contributed by atoms with Crippen LogP contribution in [-0.4, -0.2) is 11.3 Å². The van der Waals surface area contributed by atoms with Gasteiger partial charge in [-0.3, -0.25) is 0 Å². The van der Waals surface area contributed by atoms with Crippen LogP contribution in [0.15, 0.2) is 146 Å². The maximum absolute atomic E-state index is 6.63. The first-order valence-electron chi connectivity index (χ1n) is 18.9. The SMILES string of the molecule is c1cc2c3c(c1)Oc1cc(-c4ccc(C5(c6ccc(-n7c8ccccc8c8ccccc87)cc6)CCCCC5)cc4)cc4c1B3c1c(cccc1O4)O2. The van der Waals surface area contributed by atoms with Gasteiger partial charge >= 0.3 is 0 Å². The summed E-state index contributed by atoms with van der Waals surface area (Å²) in [6.45, 7) is 0.0255. The number of benzene rings is 7. The summed E-state index contributed by atoms with van der Waals surface area (Å²) in [6.07, 6.45) is 6.06. The van der Waals surface area contributed by atoms with E-state index in [0.717, 1.165) is 74.9 Å². The fourth-order valence-electron chi connectivity index (χ4n) is 9.99. The highest BCUT2D eigenvalue weighted by molar-refractivity contribution is 6.99. The molecule has 0 amide bonds. The van der Waals surface area contributed by atoms with Crippen molar-refractivity contribution in [1.29, 1.82) is 0 Å². The molecule has 3 aliphatic heterocycles. The highest BCUT2D eigenvalue weighted by Crippen LogP contribution is 2.47. The molecule has 1 aliphatic carbocycles. The van der Waals surface area contributed by atoms with Crippen LogP contribution in [0.25, 0.3) is 38.6 Å². The Morgan fingerprint density at radius 1 is 0.434 bits per heavy atom. The molecular formula is C48H34BNO3. The molecule has 4 heterocycles. The standard InChI is InChI=1S/C48H34BNO3/c1-6-26-48(27-7-1,33-22-24-34(25-23-33)50-37-12-4-2-10-35(37)36-11-3-5-13-38(36)50)32-20-18-30(19-21-32)31-28-43-47-44(29-31)53-42-17-9-15-40-46(42)49(47)45-39(51-40)14-8-16-41(45)52-43/h2-5,8-25,28-29H,1,6-7,26-27H2. The summed E-state index contributed by atoms with van der Waals surface area (Å²) < 4.78 is 22.0. The van der Waals surface area contributed by atoms with E-state index < -0.39 is 0 Å². The molecular weight excluding hydrogens is 649 g/mol. The quantitative estimate of drug-likeness (QED) is 0.173. The molecule has 53 heavy (non-hydrogen) atoms. The molecule has 0 saturated heterocycles. The maximum Gasteiger partial charge on any atom is 0.270 e. The highest BCUT2D eigenvalue weighted by atomic mass is 16.5. The van der Waals surface area contributed by atoms with Gasteiger partial charge in [-0.05, 0) is 95.8 Å². The molecule has 1 fully saturated rings. The third-order valence-corrected chi connectivity index (χ3v) is 12.4. The summed E-state index contributed by atoms with van der Waals surface area (Å²) in [7, 11) is 0. The van der Waals surface area contributed by atoms with Gasteiger partial charge in [0.2, 0.25) is 0 Å². The lowest BCUT2D eigenvalue weighted by atomic mass is 9.34. The maximum atomic E-state index is 6.63. The Hall–Kier alpha value is -6.20. The number of para-hydroxylation sites is 2. The van der Waals surface area contributed by atoms with Crippen molar-refractivity contribution >= 4 is 44.9 Å². The van der Waals surface area contributed by atoms with Crippen LogP contribution in [0.3, 0.4) is 0 Å². The molecule has 0 spiro atoms. The van der Waals surface area contributed by atoms with Gasteiger partial charge in [0.05, 0.1) is 11.0 Å². The Balaban J connectivity index is 0.924. The van der Waals surface area contributed by atoms with E-state index in [4.69, 9.17) is 14.2 Å². The molecule has 1 aromatic heterocycles. The lowest BCUT2D eigenvalue weighted by Gasteiger charge is -2.39. The summed E-state index contributed by atoms with van der Waals surface area (Å²) in [6, 6.07) is 52.8. The van der Waals surface area contributed by atoms with E-state index in [-0.39, 0.29) is 12.1 Å². The molecule has 4 aliphatic rings. The van der Waals surface area contributed by atoms with Gasteiger partial charge in [-0.2, -0.15) is 0 Å². The van der Waals surface area contributed by atoms with Crippen molar-refractivity contribution in [2.24, 2.45) is 0 Å². The minimum atomic E-state index is -0.0178. The van der Waals surface area contributed by atoms with Gasteiger partial charge in [0, 0.05) is 38.3 Å². The second-order valence-electron chi connectivity index (χ2n) is 15.1. The van der Waals surface area contributed by atoms with E-state index >= 15 is 0 Å². The second kappa shape index (κ2) is 10.9. The number of aromatic nitrogens is 1. The van der Waals surface area contributed by atoms with Crippen molar-refractivity contribution in [3.05, 3.63) is 157 Å². The zero-order valence-corrected chi connectivity index (χ0v) is 29.1. The molecule has 0 N–H and O–H groups in total. The van der Waals surface area contributed by atoms with E-state index in [1.807, 2.05) is 24.3 Å². The smallest absolute Gasteiger partial charge is 0.270 e. The molecule has 0 unspecified atom stereocenters. The van der Waals surface area contributed by atoms with Gasteiger partial charge in [-0.1, -0.05) is 104 Å². The third kappa shape index (κ3) is 4.13. The monoisotopic (exact) mass is 683 g/mol. The largest absolute Gasteiger partial charge is 0.458 e. The van der Waals surface area contributed by atoms with Crippen LogP contribution >= 0.6 is 0 Å². The Morgan fingerprint density at radius 2 is 0.906 bits per heavy atom. The van der Waals surface area contributed by atoms with Crippen LogP contribution in [0, 0.1) is 0 Å². The fraction of sp³-hybridized carbons (Fsp3) is 0.125. The average molecular weight is 684 g/mol. The Kier molecular flexibility index (Phi) is 6.05. The number of rotatable bonds is 4. The average Bonchev–Trinajstić information content (AvgIpc) is 3.55. The predicted octanol–water partition coefficient (Wildman–Crippen LogP) is 10.5. The summed E-state index contributed by atoms with van der Waals surface area (Å²) in [4.78, 5) is 0. The van der Waals surface area contributed by atoms with Gasteiger partial charge in [-0.25, -0.2) is 0 Å². The fourth-order valence-corrected chi connectivity index (χ4v) is 9.99. The van der Waals surface area contributed by atoms with Crippen molar-refractivity contribution in [2.75, 3.05) is 0 Å². The van der Waals surface area contributed by atoms with Crippen LogP contribution < -0.4 is 30.6 Å². The van der Waals surface area contributed by atoms with Crippen LogP contribution in [0.2, 0.25) is 0 Å². The number of ether oxygens (including phenoxy) is 3.